The molecule has 0 bridgehead atoms. The van der Waals surface area contributed by atoms with Gasteiger partial charge in [-0.15, -0.1) is 0 Å². The number of rotatable bonds is 6. The van der Waals surface area contributed by atoms with Crippen molar-refractivity contribution in [3.05, 3.63) is 82.9 Å². The first kappa shape index (κ1) is 26.9. The van der Waals surface area contributed by atoms with Crippen molar-refractivity contribution in [2.75, 3.05) is 19.7 Å². The van der Waals surface area contributed by atoms with Gasteiger partial charge in [0.2, 0.25) is 0 Å². The zero-order valence-electron chi connectivity index (χ0n) is 19.5. The second-order valence-electron chi connectivity index (χ2n) is 8.58. The minimum atomic E-state index is -4.99. The molecule has 1 saturated heterocycles. The molecule has 2 aliphatic heterocycles. The number of ether oxygens (including phenoxy) is 2. The van der Waals surface area contributed by atoms with E-state index in [2.05, 4.69) is 22.4 Å². The molecule has 2 aliphatic rings. The largest absolute Gasteiger partial charge is 0.416 e. The van der Waals surface area contributed by atoms with E-state index in [-0.39, 0.29) is 24.8 Å². The lowest BCUT2D eigenvalue weighted by Gasteiger charge is -2.42. The average Bonchev–Trinajstić information content (AvgIpc) is 3.23. The molecule has 200 valence electrons. The van der Waals surface area contributed by atoms with E-state index in [1.54, 1.807) is 0 Å². The van der Waals surface area contributed by atoms with Crippen LogP contribution in [0.1, 0.15) is 41.3 Å². The van der Waals surface area contributed by atoms with Gasteiger partial charge >= 0.3 is 12.4 Å². The van der Waals surface area contributed by atoms with Crippen molar-refractivity contribution in [1.29, 1.82) is 0 Å². The van der Waals surface area contributed by atoms with Gasteiger partial charge in [-0.25, -0.2) is 9.38 Å². The van der Waals surface area contributed by atoms with Crippen LogP contribution in [0.4, 0.5) is 30.7 Å². The zero-order valence-corrected chi connectivity index (χ0v) is 19.5. The van der Waals surface area contributed by atoms with E-state index in [0.717, 1.165) is 0 Å². The van der Waals surface area contributed by atoms with E-state index >= 15 is 0 Å². The standard InChI is InChI=1S/C24H23F7N4O2/c1-13(16-9-17(23(26,27)28)11-18(10-16)24(29,30)31)37-22-21(15-3-5-19(25)6-4-15)35(7-8-36-22)12-20-32-14(2)33-34-20/h3-6,9-11,13,21-22,33H,2,7-8,12H2,1H3,(H,32,34)/t13-,21-,22-/m0/s1. The van der Waals surface area contributed by atoms with Crippen molar-refractivity contribution in [1.82, 2.24) is 15.8 Å². The number of benzene rings is 2. The van der Waals surface area contributed by atoms with Gasteiger partial charge in [0.25, 0.3) is 0 Å². The number of halogens is 7. The van der Waals surface area contributed by atoms with Gasteiger partial charge in [0.1, 0.15) is 17.5 Å². The summed E-state index contributed by atoms with van der Waals surface area (Å²) < 4.78 is 105. The summed E-state index contributed by atoms with van der Waals surface area (Å²) in [6, 6.07) is 6.13. The SMILES string of the molecule is C=C1N=C(CN2CCO[C@@H](O[C@@H](C)c3cc(C(F)(F)F)cc(C(F)(F)F)c3)[C@@H]2c2ccc(F)cc2)NN1. The molecule has 4 rings (SSSR count). The summed E-state index contributed by atoms with van der Waals surface area (Å²) in [7, 11) is 0. The monoisotopic (exact) mass is 532 g/mol. The number of aliphatic imine (C=N–C) groups is 1. The quantitative estimate of drug-likeness (QED) is 0.494. The summed E-state index contributed by atoms with van der Waals surface area (Å²) in [6.07, 6.45) is -12.3. The Morgan fingerprint density at radius 3 is 2.22 bits per heavy atom. The topological polar surface area (TPSA) is 58.1 Å². The van der Waals surface area contributed by atoms with Crippen LogP contribution in [-0.2, 0) is 21.8 Å². The third-order valence-corrected chi connectivity index (χ3v) is 5.91. The predicted molar refractivity (Wildman–Crippen MR) is 119 cm³/mol. The minimum absolute atomic E-state index is 0.0631. The van der Waals surface area contributed by atoms with Gasteiger partial charge in [0, 0.05) is 6.54 Å². The number of morpholine rings is 1. The second kappa shape index (κ2) is 10.3. The van der Waals surface area contributed by atoms with E-state index < -0.39 is 47.7 Å². The highest BCUT2D eigenvalue weighted by Crippen LogP contribution is 2.39. The maximum absolute atomic E-state index is 13.6. The van der Waals surface area contributed by atoms with E-state index in [9.17, 15) is 30.7 Å². The first-order chi connectivity index (χ1) is 17.3. The van der Waals surface area contributed by atoms with E-state index in [1.165, 1.54) is 31.2 Å². The molecule has 13 heteroatoms. The third-order valence-electron chi connectivity index (χ3n) is 5.91. The lowest BCUT2D eigenvalue weighted by molar-refractivity contribution is -0.227. The fourth-order valence-corrected chi connectivity index (χ4v) is 4.13. The minimum Gasteiger partial charge on any atom is -0.349 e. The molecule has 0 spiro atoms. The zero-order chi connectivity index (χ0) is 27.0. The number of alkyl halides is 6. The molecule has 0 aromatic heterocycles. The summed E-state index contributed by atoms with van der Waals surface area (Å²) in [5.74, 6) is 0.440. The Morgan fingerprint density at radius 1 is 1.05 bits per heavy atom. The second-order valence-corrected chi connectivity index (χ2v) is 8.58. The Balaban J connectivity index is 1.65. The number of hydrogen-bond donors (Lipinski definition) is 2. The lowest BCUT2D eigenvalue weighted by atomic mass is 10.0. The predicted octanol–water partition coefficient (Wildman–Crippen LogP) is 5.32. The average molecular weight is 532 g/mol. The normalized spacial score (nSPS) is 21.8. The molecule has 3 atom stereocenters. The van der Waals surface area contributed by atoms with Gasteiger partial charge in [0.15, 0.2) is 6.29 Å². The Labute approximate surface area is 207 Å². The molecule has 1 fully saturated rings. The third kappa shape index (κ3) is 6.40. The highest BCUT2D eigenvalue weighted by Gasteiger charge is 2.39. The molecule has 2 heterocycles. The van der Waals surface area contributed by atoms with Crippen molar-refractivity contribution >= 4 is 5.84 Å². The Kier molecular flexibility index (Phi) is 7.49. The fourth-order valence-electron chi connectivity index (χ4n) is 4.13. The summed E-state index contributed by atoms with van der Waals surface area (Å²) >= 11 is 0. The Hall–Kier alpha value is -3.16. The molecule has 0 radical (unpaired) electrons. The van der Waals surface area contributed by atoms with Gasteiger partial charge < -0.3 is 9.47 Å². The van der Waals surface area contributed by atoms with E-state index in [0.29, 0.717) is 35.9 Å². The van der Waals surface area contributed by atoms with Crippen LogP contribution in [-0.4, -0.2) is 36.7 Å². The van der Waals surface area contributed by atoms with Gasteiger partial charge in [-0.05, 0) is 48.4 Å². The van der Waals surface area contributed by atoms with Crippen LogP contribution in [0.5, 0.6) is 0 Å². The Bertz CT molecular complexity index is 1130. The smallest absolute Gasteiger partial charge is 0.349 e. The molecule has 0 unspecified atom stereocenters. The first-order valence-corrected chi connectivity index (χ1v) is 11.2. The van der Waals surface area contributed by atoms with Crippen molar-refractivity contribution in [3.63, 3.8) is 0 Å². The molecular formula is C24H23F7N4O2. The molecule has 0 amide bonds. The number of nitrogens with zero attached hydrogens (tertiary/aromatic N) is 2. The van der Waals surface area contributed by atoms with Crippen molar-refractivity contribution in [2.45, 2.75) is 37.7 Å². The number of hydrazine groups is 1. The van der Waals surface area contributed by atoms with Crippen LogP contribution in [0, 0.1) is 5.82 Å². The summed E-state index contributed by atoms with van der Waals surface area (Å²) in [5.41, 5.74) is 2.99. The molecule has 37 heavy (non-hydrogen) atoms. The molecule has 0 aliphatic carbocycles. The molecule has 2 aromatic rings. The van der Waals surface area contributed by atoms with Gasteiger partial charge in [-0.1, -0.05) is 18.7 Å². The van der Waals surface area contributed by atoms with Crippen molar-refractivity contribution < 1.29 is 40.2 Å². The number of nitrogens with one attached hydrogen (secondary N) is 2. The van der Waals surface area contributed by atoms with Gasteiger partial charge in [-0.2, -0.15) is 26.3 Å². The van der Waals surface area contributed by atoms with Gasteiger partial charge in [-0.3, -0.25) is 15.8 Å². The van der Waals surface area contributed by atoms with Crippen LogP contribution in [0.15, 0.2) is 59.9 Å². The van der Waals surface area contributed by atoms with Crippen LogP contribution in [0.25, 0.3) is 0 Å². The molecule has 2 aromatic carbocycles. The van der Waals surface area contributed by atoms with Crippen molar-refractivity contribution in [2.24, 2.45) is 4.99 Å². The lowest BCUT2D eigenvalue weighted by Crippen LogP contribution is -2.50. The summed E-state index contributed by atoms with van der Waals surface area (Å²) in [4.78, 5) is 6.12. The van der Waals surface area contributed by atoms with E-state index in [4.69, 9.17) is 9.47 Å². The van der Waals surface area contributed by atoms with Crippen LogP contribution >= 0.6 is 0 Å². The summed E-state index contributed by atoms with van der Waals surface area (Å²) in [6.45, 7) is 5.84. The molecule has 6 nitrogen and oxygen atoms in total. The maximum atomic E-state index is 13.6. The van der Waals surface area contributed by atoms with E-state index in [1.807, 2.05) is 4.90 Å². The molecular weight excluding hydrogens is 509 g/mol. The first-order valence-electron chi connectivity index (χ1n) is 11.2. The van der Waals surface area contributed by atoms with Gasteiger partial charge in [0.05, 0.1) is 36.4 Å². The van der Waals surface area contributed by atoms with Crippen LogP contribution < -0.4 is 10.9 Å². The highest BCUT2D eigenvalue weighted by molar-refractivity contribution is 5.86. The van der Waals surface area contributed by atoms with Crippen LogP contribution in [0.3, 0.4) is 0 Å². The fraction of sp³-hybridized carbons (Fsp3) is 0.375. The maximum Gasteiger partial charge on any atom is 0.416 e. The summed E-state index contributed by atoms with van der Waals surface area (Å²) in [5, 5.41) is 0. The Morgan fingerprint density at radius 2 is 1.68 bits per heavy atom. The molecule has 0 saturated carbocycles. The highest BCUT2D eigenvalue weighted by atomic mass is 19.4. The molecule has 2 N–H and O–H groups in total. The van der Waals surface area contributed by atoms with Crippen LogP contribution in [0.2, 0.25) is 0 Å². The van der Waals surface area contributed by atoms with Crippen molar-refractivity contribution in [3.8, 4) is 0 Å². The number of amidine groups is 1. The number of hydrogen-bond acceptors (Lipinski definition) is 6.